The Morgan fingerprint density at radius 3 is 2.33 bits per heavy atom. The molecule has 3 amide bonds. The summed E-state index contributed by atoms with van der Waals surface area (Å²) in [4.78, 5) is 34.3. The molecule has 120 valence electrons. The van der Waals surface area contributed by atoms with Crippen molar-refractivity contribution in [3.63, 3.8) is 0 Å². The predicted octanol–water partition coefficient (Wildman–Crippen LogP) is 0.844. The van der Waals surface area contributed by atoms with Crippen LogP contribution in [-0.4, -0.2) is 41.6 Å². The van der Waals surface area contributed by atoms with Crippen LogP contribution in [0.2, 0.25) is 0 Å². The summed E-state index contributed by atoms with van der Waals surface area (Å²) < 4.78 is 0. The van der Waals surface area contributed by atoms with Gasteiger partial charge in [-0.2, -0.15) is 0 Å². The summed E-state index contributed by atoms with van der Waals surface area (Å²) in [6.45, 7) is 3.62. The zero-order chi connectivity index (χ0) is 15.8. The summed E-state index contributed by atoms with van der Waals surface area (Å²) in [6.07, 6.45) is 4.54. The van der Waals surface area contributed by atoms with Crippen molar-refractivity contribution >= 4 is 17.9 Å². The van der Waals surface area contributed by atoms with E-state index in [2.05, 4.69) is 16.0 Å². The van der Waals surface area contributed by atoms with E-state index < -0.39 is 18.0 Å². The molecule has 4 N–H and O–H groups in total. The van der Waals surface area contributed by atoms with E-state index in [0.29, 0.717) is 6.42 Å². The van der Waals surface area contributed by atoms with Gasteiger partial charge in [0.25, 0.3) is 0 Å². The van der Waals surface area contributed by atoms with Gasteiger partial charge in [-0.1, -0.05) is 26.7 Å². The molecule has 1 aliphatic carbocycles. The second-order valence-corrected chi connectivity index (χ2v) is 5.90. The van der Waals surface area contributed by atoms with Crippen LogP contribution in [0.15, 0.2) is 0 Å². The zero-order valence-corrected chi connectivity index (χ0v) is 12.6. The van der Waals surface area contributed by atoms with Crippen LogP contribution in [0.3, 0.4) is 0 Å². The molecule has 0 aromatic heterocycles. The second kappa shape index (κ2) is 8.49. The molecule has 0 bridgehead atoms. The highest BCUT2D eigenvalue weighted by atomic mass is 16.4. The number of carboxylic acids is 1. The van der Waals surface area contributed by atoms with Crippen molar-refractivity contribution < 1.29 is 19.5 Å². The van der Waals surface area contributed by atoms with Gasteiger partial charge in [0.2, 0.25) is 5.91 Å². The number of amides is 3. The molecule has 21 heavy (non-hydrogen) atoms. The van der Waals surface area contributed by atoms with Gasteiger partial charge in [-0.05, 0) is 25.2 Å². The van der Waals surface area contributed by atoms with Crippen LogP contribution in [0.4, 0.5) is 4.79 Å². The molecule has 7 nitrogen and oxygen atoms in total. The Balaban J connectivity index is 2.28. The molecule has 0 saturated heterocycles. The molecular formula is C14H25N3O4. The van der Waals surface area contributed by atoms with Gasteiger partial charge < -0.3 is 21.1 Å². The molecule has 1 rings (SSSR count). The third-order valence-electron chi connectivity index (χ3n) is 3.44. The molecule has 0 spiro atoms. The highest BCUT2D eigenvalue weighted by molar-refractivity contribution is 5.86. The fourth-order valence-electron chi connectivity index (χ4n) is 2.41. The first-order chi connectivity index (χ1) is 9.88. The first-order valence-electron chi connectivity index (χ1n) is 7.45. The molecule has 0 heterocycles. The molecule has 0 aromatic rings. The maximum Gasteiger partial charge on any atom is 0.326 e. The first kappa shape index (κ1) is 17.3. The number of hydrogen-bond acceptors (Lipinski definition) is 3. The molecule has 1 fully saturated rings. The summed E-state index contributed by atoms with van der Waals surface area (Å²) in [6, 6.07) is -1.37. The maximum atomic E-state index is 11.6. The Labute approximate surface area is 124 Å². The standard InChI is InChI=1S/C14H25N3O4/c1-9(2)7-11(13(19)20)17-14(21)15-8-12(18)16-10-5-3-4-6-10/h9-11H,3-8H2,1-2H3,(H,16,18)(H,19,20)(H2,15,17,21). The molecule has 7 heteroatoms. The highest BCUT2D eigenvalue weighted by Crippen LogP contribution is 2.17. The van der Waals surface area contributed by atoms with E-state index in [9.17, 15) is 14.4 Å². The number of aliphatic carboxylic acids is 1. The quantitative estimate of drug-likeness (QED) is 0.559. The number of rotatable bonds is 7. The van der Waals surface area contributed by atoms with Gasteiger partial charge in [-0.25, -0.2) is 9.59 Å². The summed E-state index contributed by atoms with van der Waals surface area (Å²) in [5.41, 5.74) is 0. The normalized spacial score (nSPS) is 16.5. The fraction of sp³-hybridized carbons (Fsp3) is 0.786. The third-order valence-corrected chi connectivity index (χ3v) is 3.44. The Morgan fingerprint density at radius 2 is 1.81 bits per heavy atom. The lowest BCUT2D eigenvalue weighted by Crippen LogP contribution is -2.49. The van der Waals surface area contributed by atoms with Crippen LogP contribution in [0, 0.1) is 5.92 Å². The lowest BCUT2D eigenvalue weighted by atomic mass is 10.0. The van der Waals surface area contributed by atoms with E-state index in [0.717, 1.165) is 25.7 Å². The van der Waals surface area contributed by atoms with E-state index >= 15 is 0 Å². The molecule has 0 aliphatic heterocycles. The van der Waals surface area contributed by atoms with Crippen molar-refractivity contribution in [2.24, 2.45) is 5.92 Å². The topological polar surface area (TPSA) is 108 Å². The summed E-state index contributed by atoms with van der Waals surface area (Å²) in [7, 11) is 0. The van der Waals surface area contributed by atoms with Crippen LogP contribution in [-0.2, 0) is 9.59 Å². The number of hydrogen-bond donors (Lipinski definition) is 4. The number of urea groups is 1. The van der Waals surface area contributed by atoms with Gasteiger partial charge in [0, 0.05) is 6.04 Å². The molecule has 1 saturated carbocycles. The number of nitrogens with one attached hydrogen (secondary N) is 3. The van der Waals surface area contributed by atoms with E-state index in [1.807, 2.05) is 13.8 Å². The van der Waals surface area contributed by atoms with Crippen molar-refractivity contribution in [2.75, 3.05) is 6.54 Å². The lowest BCUT2D eigenvalue weighted by molar-refractivity contribution is -0.139. The highest BCUT2D eigenvalue weighted by Gasteiger charge is 2.21. The minimum absolute atomic E-state index is 0.143. The smallest absolute Gasteiger partial charge is 0.326 e. The number of carbonyl (C=O) groups is 3. The van der Waals surface area contributed by atoms with Gasteiger partial charge in [0.1, 0.15) is 6.04 Å². The summed E-state index contributed by atoms with van der Waals surface area (Å²) in [5.74, 6) is -1.17. The maximum absolute atomic E-state index is 11.6. The number of carboxylic acid groups (broad SMARTS) is 1. The summed E-state index contributed by atoms with van der Waals surface area (Å²) in [5, 5.41) is 16.6. The summed E-state index contributed by atoms with van der Waals surface area (Å²) >= 11 is 0. The van der Waals surface area contributed by atoms with Crippen LogP contribution in [0.25, 0.3) is 0 Å². The average molecular weight is 299 g/mol. The van der Waals surface area contributed by atoms with E-state index in [4.69, 9.17) is 5.11 Å². The van der Waals surface area contributed by atoms with Crippen molar-refractivity contribution in [2.45, 2.75) is 58.0 Å². The molecule has 1 atom stereocenters. The predicted molar refractivity (Wildman–Crippen MR) is 77.8 cm³/mol. The van der Waals surface area contributed by atoms with E-state index in [-0.39, 0.29) is 24.4 Å². The van der Waals surface area contributed by atoms with Crippen molar-refractivity contribution in [3.05, 3.63) is 0 Å². The van der Waals surface area contributed by atoms with Gasteiger partial charge in [-0.15, -0.1) is 0 Å². The monoisotopic (exact) mass is 299 g/mol. The Kier molecular flexibility index (Phi) is 6.98. The number of carbonyl (C=O) groups excluding carboxylic acids is 2. The average Bonchev–Trinajstić information content (AvgIpc) is 2.87. The first-order valence-corrected chi connectivity index (χ1v) is 7.45. The van der Waals surface area contributed by atoms with Crippen molar-refractivity contribution in [3.8, 4) is 0 Å². The Bertz CT molecular complexity index is 378. The Hall–Kier alpha value is -1.79. The fourth-order valence-corrected chi connectivity index (χ4v) is 2.41. The second-order valence-electron chi connectivity index (χ2n) is 5.90. The van der Waals surface area contributed by atoms with Crippen LogP contribution in [0.5, 0.6) is 0 Å². The third kappa shape index (κ3) is 6.97. The molecule has 1 aliphatic rings. The van der Waals surface area contributed by atoms with Crippen LogP contribution in [0.1, 0.15) is 46.0 Å². The van der Waals surface area contributed by atoms with Crippen LogP contribution < -0.4 is 16.0 Å². The van der Waals surface area contributed by atoms with Gasteiger partial charge in [0.05, 0.1) is 6.54 Å². The van der Waals surface area contributed by atoms with Crippen LogP contribution >= 0.6 is 0 Å². The van der Waals surface area contributed by atoms with Crippen molar-refractivity contribution in [1.29, 1.82) is 0 Å². The SMILES string of the molecule is CC(C)CC(NC(=O)NCC(=O)NC1CCCC1)C(=O)O. The minimum atomic E-state index is -1.07. The van der Waals surface area contributed by atoms with Gasteiger partial charge in [0.15, 0.2) is 0 Å². The largest absolute Gasteiger partial charge is 0.480 e. The van der Waals surface area contributed by atoms with E-state index in [1.54, 1.807) is 0 Å². The van der Waals surface area contributed by atoms with Gasteiger partial charge in [-0.3, -0.25) is 4.79 Å². The molecular weight excluding hydrogens is 274 g/mol. The van der Waals surface area contributed by atoms with Crippen molar-refractivity contribution in [1.82, 2.24) is 16.0 Å². The molecule has 0 aromatic carbocycles. The minimum Gasteiger partial charge on any atom is -0.480 e. The Morgan fingerprint density at radius 1 is 1.19 bits per heavy atom. The van der Waals surface area contributed by atoms with E-state index in [1.165, 1.54) is 0 Å². The van der Waals surface area contributed by atoms with Gasteiger partial charge >= 0.3 is 12.0 Å². The zero-order valence-electron chi connectivity index (χ0n) is 12.6. The molecule has 0 radical (unpaired) electrons. The molecule has 1 unspecified atom stereocenters. The lowest BCUT2D eigenvalue weighted by Gasteiger charge is -2.17.